The predicted molar refractivity (Wildman–Crippen MR) is 112 cm³/mol. The van der Waals surface area contributed by atoms with Crippen molar-refractivity contribution >= 4 is 23.9 Å². The lowest BCUT2D eigenvalue weighted by molar-refractivity contribution is 0.0527. The number of nitrogens with zero attached hydrogens (tertiary/aromatic N) is 2. The van der Waals surface area contributed by atoms with E-state index in [4.69, 9.17) is 9.15 Å². The summed E-state index contributed by atoms with van der Waals surface area (Å²) < 4.78 is 10.8. The first-order valence-electron chi connectivity index (χ1n) is 9.56. The molecule has 0 saturated carbocycles. The second-order valence-corrected chi connectivity index (χ2v) is 8.30. The van der Waals surface area contributed by atoms with Crippen molar-refractivity contribution in [1.82, 2.24) is 15.5 Å². The molecule has 1 heterocycles. The van der Waals surface area contributed by atoms with Crippen LogP contribution in [0.3, 0.4) is 0 Å². The molecule has 1 amide bonds. The molecular weight excluding hydrogens is 374 g/mol. The largest absolute Gasteiger partial charge is 0.444 e. The number of benzene rings is 1. The first kappa shape index (κ1) is 22.0. The van der Waals surface area contributed by atoms with Crippen molar-refractivity contribution in [1.29, 1.82) is 0 Å². The number of rotatable bonds is 10. The zero-order valence-corrected chi connectivity index (χ0v) is 17.6. The minimum atomic E-state index is -0.463. The number of carbonyl (C=O) groups excluding carboxylic acids is 1. The highest BCUT2D eigenvalue weighted by molar-refractivity contribution is 7.99. The van der Waals surface area contributed by atoms with E-state index in [-0.39, 0.29) is 6.09 Å². The minimum absolute atomic E-state index is 0.368. The van der Waals surface area contributed by atoms with E-state index in [1.807, 2.05) is 39.0 Å². The fourth-order valence-electron chi connectivity index (χ4n) is 2.35. The number of hydrogen-bond donors (Lipinski definition) is 1. The van der Waals surface area contributed by atoms with E-state index in [2.05, 4.69) is 39.8 Å². The van der Waals surface area contributed by atoms with Crippen LogP contribution in [-0.2, 0) is 11.2 Å². The number of aromatic nitrogens is 2. The van der Waals surface area contributed by atoms with Crippen molar-refractivity contribution in [2.45, 2.75) is 57.3 Å². The van der Waals surface area contributed by atoms with Gasteiger partial charge in [0.2, 0.25) is 5.89 Å². The summed E-state index contributed by atoms with van der Waals surface area (Å²) in [7, 11) is 0. The van der Waals surface area contributed by atoms with Gasteiger partial charge in [0, 0.05) is 18.7 Å². The third-order valence-corrected chi connectivity index (χ3v) is 4.37. The average Bonchev–Trinajstić information content (AvgIpc) is 3.09. The molecule has 1 aromatic carbocycles. The second-order valence-electron chi connectivity index (χ2n) is 7.33. The van der Waals surface area contributed by atoms with Crippen LogP contribution in [0, 0.1) is 0 Å². The zero-order valence-electron chi connectivity index (χ0n) is 16.8. The molecule has 6 nitrogen and oxygen atoms in total. The molecule has 0 radical (unpaired) electrons. The number of carbonyl (C=O) groups is 1. The van der Waals surface area contributed by atoms with E-state index in [1.165, 1.54) is 17.3 Å². The molecule has 0 aliphatic rings. The third kappa shape index (κ3) is 9.60. The van der Waals surface area contributed by atoms with Crippen molar-refractivity contribution in [2.24, 2.45) is 0 Å². The number of thioether (sulfide) groups is 1. The Bertz CT molecular complexity index is 739. The second kappa shape index (κ2) is 11.5. The van der Waals surface area contributed by atoms with E-state index in [1.54, 1.807) is 0 Å². The van der Waals surface area contributed by atoms with Gasteiger partial charge in [-0.2, -0.15) is 0 Å². The van der Waals surface area contributed by atoms with Gasteiger partial charge in [-0.15, -0.1) is 10.2 Å². The topological polar surface area (TPSA) is 77.2 Å². The lowest BCUT2D eigenvalue weighted by atomic mass is 10.2. The number of unbranched alkanes of at least 4 members (excludes halogenated alkanes) is 2. The fourth-order valence-corrected chi connectivity index (χ4v) is 2.94. The highest BCUT2D eigenvalue weighted by Crippen LogP contribution is 2.17. The Morgan fingerprint density at radius 3 is 2.71 bits per heavy atom. The minimum Gasteiger partial charge on any atom is -0.444 e. The number of nitrogens with one attached hydrogen (secondary N) is 1. The van der Waals surface area contributed by atoms with Crippen LogP contribution in [0.2, 0.25) is 0 Å². The highest BCUT2D eigenvalue weighted by atomic mass is 32.2. The molecule has 0 unspecified atom stereocenters. The van der Waals surface area contributed by atoms with Gasteiger partial charge in [-0.05, 0) is 39.2 Å². The molecule has 0 bridgehead atoms. The van der Waals surface area contributed by atoms with E-state index in [0.29, 0.717) is 17.7 Å². The first-order valence-corrected chi connectivity index (χ1v) is 10.5. The molecule has 0 aliphatic heterocycles. The monoisotopic (exact) mass is 403 g/mol. The molecule has 2 aromatic rings. The van der Waals surface area contributed by atoms with Gasteiger partial charge in [0.15, 0.2) is 0 Å². The lowest BCUT2D eigenvalue weighted by Crippen LogP contribution is -2.32. The number of amides is 1. The first-order chi connectivity index (χ1) is 13.4. The van der Waals surface area contributed by atoms with Gasteiger partial charge in [-0.25, -0.2) is 4.79 Å². The normalized spacial score (nSPS) is 11.7. The maximum Gasteiger partial charge on any atom is 0.407 e. The Kier molecular flexibility index (Phi) is 9.07. The predicted octanol–water partition coefficient (Wildman–Crippen LogP) is 5.11. The molecule has 28 heavy (non-hydrogen) atoms. The van der Waals surface area contributed by atoms with Crippen LogP contribution >= 0.6 is 11.8 Å². The van der Waals surface area contributed by atoms with Crippen molar-refractivity contribution in [2.75, 3.05) is 12.3 Å². The molecule has 0 fully saturated rings. The van der Waals surface area contributed by atoms with Gasteiger partial charge in [0.25, 0.3) is 5.22 Å². The molecule has 152 valence electrons. The van der Waals surface area contributed by atoms with Gasteiger partial charge in [-0.3, -0.25) is 0 Å². The van der Waals surface area contributed by atoms with Gasteiger partial charge in [0.1, 0.15) is 5.60 Å². The van der Waals surface area contributed by atoms with E-state index < -0.39 is 5.60 Å². The van der Waals surface area contributed by atoms with Crippen LogP contribution in [-0.4, -0.2) is 34.2 Å². The summed E-state index contributed by atoms with van der Waals surface area (Å²) >= 11 is 1.53. The van der Waals surface area contributed by atoms with Crippen molar-refractivity contribution in [3.05, 3.63) is 47.9 Å². The Morgan fingerprint density at radius 2 is 1.96 bits per heavy atom. The maximum atomic E-state index is 11.5. The third-order valence-electron chi connectivity index (χ3n) is 3.60. The lowest BCUT2D eigenvalue weighted by Gasteiger charge is -2.19. The van der Waals surface area contributed by atoms with Crippen LogP contribution in [0.5, 0.6) is 0 Å². The zero-order chi connectivity index (χ0) is 20.2. The molecule has 2 rings (SSSR count). The van der Waals surface area contributed by atoms with Crippen LogP contribution in [0.1, 0.15) is 51.5 Å². The molecule has 0 saturated heterocycles. The Balaban J connectivity index is 1.55. The summed E-state index contributed by atoms with van der Waals surface area (Å²) in [5, 5.41) is 11.5. The average molecular weight is 404 g/mol. The summed E-state index contributed by atoms with van der Waals surface area (Å²) in [4.78, 5) is 11.5. The highest BCUT2D eigenvalue weighted by Gasteiger charge is 2.15. The van der Waals surface area contributed by atoms with Gasteiger partial charge in [0.05, 0.1) is 0 Å². The Hall–Kier alpha value is -2.28. The van der Waals surface area contributed by atoms with Gasteiger partial charge in [-0.1, -0.05) is 60.7 Å². The molecule has 0 atom stereocenters. The van der Waals surface area contributed by atoms with Gasteiger partial charge < -0.3 is 14.5 Å². The molecule has 1 aromatic heterocycles. The van der Waals surface area contributed by atoms with Crippen LogP contribution in [0.25, 0.3) is 6.08 Å². The van der Waals surface area contributed by atoms with Crippen LogP contribution in [0.4, 0.5) is 4.79 Å². The molecular formula is C21H29N3O3S. The quantitative estimate of drug-likeness (QED) is 0.439. The van der Waals surface area contributed by atoms with Crippen molar-refractivity contribution in [3.8, 4) is 0 Å². The van der Waals surface area contributed by atoms with Crippen molar-refractivity contribution < 1.29 is 13.9 Å². The van der Waals surface area contributed by atoms with Crippen LogP contribution in [0.15, 0.2) is 46.0 Å². The summed E-state index contributed by atoms with van der Waals surface area (Å²) in [6.07, 6.45) is 7.35. The fraction of sp³-hybridized carbons (Fsp3) is 0.476. The number of ether oxygens (including phenoxy) is 1. The molecule has 0 spiro atoms. The summed E-state index contributed by atoms with van der Waals surface area (Å²) in [5.41, 5.74) is 0.713. The van der Waals surface area contributed by atoms with Crippen molar-refractivity contribution in [3.63, 3.8) is 0 Å². The smallest absolute Gasteiger partial charge is 0.407 e. The standard InChI is InChI=1S/C21H29N3O3S/c1-21(2,3)27-19(25)22-15-9-5-8-14-18-23-24-20(26-18)28-16-10-13-17-11-6-4-7-12-17/h4,6-7,10-13H,5,8-9,14-16H2,1-3H3,(H,22,25). The number of alkyl carbamates (subject to hydrolysis) is 1. The molecule has 7 heteroatoms. The number of hydrogen-bond acceptors (Lipinski definition) is 6. The van der Waals surface area contributed by atoms with E-state index in [0.717, 1.165) is 31.4 Å². The van der Waals surface area contributed by atoms with E-state index >= 15 is 0 Å². The Labute approximate surface area is 171 Å². The summed E-state index contributed by atoms with van der Waals surface area (Å²) in [6.45, 7) is 6.16. The number of aryl methyl sites for hydroxylation is 1. The Morgan fingerprint density at radius 1 is 1.18 bits per heavy atom. The summed E-state index contributed by atoms with van der Waals surface area (Å²) in [5.74, 6) is 1.45. The molecule has 1 N–H and O–H groups in total. The maximum absolute atomic E-state index is 11.5. The SMILES string of the molecule is CC(C)(C)OC(=O)NCCCCCc1nnc(SCC=Cc2ccccc2)o1. The van der Waals surface area contributed by atoms with E-state index in [9.17, 15) is 4.79 Å². The van der Waals surface area contributed by atoms with Crippen LogP contribution < -0.4 is 5.32 Å². The van der Waals surface area contributed by atoms with Gasteiger partial charge >= 0.3 is 6.09 Å². The molecule has 0 aliphatic carbocycles. The summed E-state index contributed by atoms with van der Waals surface area (Å²) in [6, 6.07) is 10.2.